The third-order valence-corrected chi connectivity index (χ3v) is 4.29. The average molecular weight is 275 g/mol. The van der Waals surface area contributed by atoms with Gasteiger partial charge < -0.3 is 15.8 Å². The number of fused-ring (bicyclic) bond motifs is 1. The van der Waals surface area contributed by atoms with Crippen molar-refractivity contribution in [2.45, 2.75) is 25.3 Å². The maximum Gasteiger partial charge on any atom is 0.188 e. The third kappa shape index (κ3) is 2.56. The maximum absolute atomic E-state index is 8.65. The van der Waals surface area contributed by atoms with E-state index < -0.39 is 0 Å². The molecule has 0 aromatic carbocycles. The van der Waals surface area contributed by atoms with Crippen molar-refractivity contribution in [1.82, 2.24) is 9.88 Å². The van der Waals surface area contributed by atoms with Crippen molar-refractivity contribution in [1.29, 1.82) is 0 Å². The Hall–Kier alpha value is -1.82. The highest BCUT2D eigenvalue weighted by molar-refractivity contribution is 5.95. The van der Waals surface area contributed by atoms with Crippen molar-refractivity contribution >= 4 is 11.5 Å². The minimum absolute atomic E-state index is 0.0504. The van der Waals surface area contributed by atoms with E-state index in [4.69, 9.17) is 10.9 Å². The quantitative estimate of drug-likeness (QED) is 0.362. The normalized spacial score (nSPS) is 24.5. The Kier molecular flexibility index (Phi) is 3.73. The van der Waals surface area contributed by atoms with Crippen LogP contribution in [0.4, 0.5) is 5.69 Å². The van der Waals surface area contributed by atoms with E-state index in [1.54, 1.807) is 0 Å². The van der Waals surface area contributed by atoms with Gasteiger partial charge in [-0.3, -0.25) is 9.88 Å². The van der Waals surface area contributed by atoms with E-state index >= 15 is 0 Å². The molecule has 1 atom stereocenters. The Morgan fingerprint density at radius 2 is 2.15 bits per heavy atom. The molecule has 6 heteroatoms. The van der Waals surface area contributed by atoms with Gasteiger partial charge in [-0.1, -0.05) is 5.16 Å². The van der Waals surface area contributed by atoms with E-state index in [1.165, 1.54) is 32.4 Å². The van der Waals surface area contributed by atoms with Crippen LogP contribution in [0.15, 0.2) is 23.5 Å². The zero-order chi connectivity index (χ0) is 13.9. The Balaban J connectivity index is 1.74. The SMILES string of the molecule is N/C(=N/O)c1ccc(N2CCCN3CCCC3C2)cn1. The van der Waals surface area contributed by atoms with Crippen LogP contribution in [0.25, 0.3) is 0 Å². The predicted molar refractivity (Wildman–Crippen MR) is 78.2 cm³/mol. The van der Waals surface area contributed by atoms with Crippen LogP contribution in [0.5, 0.6) is 0 Å². The van der Waals surface area contributed by atoms with Crippen LogP contribution >= 0.6 is 0 Å². The summed E-state index contributed by atoms with van der Waals surface area (Å²) < 4.78 is 0. The van der Waals surface area contributed by atoms with Gasteiger partial charge in [0.05, 0.1) is 11.9 Å². The molecule has 6 nitrogen and oxygen atoms in total. The molecular weight excluding hydrogens is 254 g/mol. The fourth-order valence-corrected chi connectivity index (χ4v) is 3.22. The summed E-state index contributed by atoms with van der Waals surface area (Å²) in [5.74, 6) is 0.0504. The fraction of sp³-hybridized carbons (Fsp3) is 0.571. The standard InChI is InChI=1S/C14H21N5O/c15-14(17-20)13-5-4-11(9-16-13)19-8-2-7-18-6-1-3-12(18)10-19/h4-5,9,12,20H,1-3,6-8,10H2,(H2,15,17). The minimum atomic E-state index is 0.0504. The van der Waals surface area contributed by atoms with Crippen LogP contribution in [-0.4, -0.2) is 53.1 Å². The first kappa shape index (κ1) is 13.2. The lowest BCUT2D eigenvalue weighted by atomic mass is 10.2. The second kappa shape index (κ2) is 5.66. The molecule has 1 aromatic heterocycles. The summed E-state index contributed by atoms with van der Waals surface area (Å²) in [5.41, 5.74) is 7.16. The lowest BCUT2D eigenvalue weighted by Gasteiger charge is -2.27. The van der Waals surface area contributed by atoms with Crippen molar-refractivity contribution in [2.75, 3.05) is 31.1 Å². The van der Waals surface area contributed by atoms with Gasteiger partial charge in [-0.2, -0.15) is 0 Å². The Morgan fingerprint density at radius 3 is 2.90 bits per heavy atom. The highest BCUT2D eigenvalue weighted by atomic mass is 16.4. The summed E-state index contributed by atoms with van der Waals surface area (Å²) in [5, 5.41) is 11.6. The molecule has 2 aliphatic rings. The number of nitrogens with zero attached hydrogens (tertiary/aromatic N) is 4. The van der Waals surface area contributed by atoms with E-state index in [2.05, 4.69) is 19.9 Å². The van der Waals surface area contributed by atoms with Gasteiger partial charge in [-0.15, -0.1) is 0 Å². The molecule has 1 unspecified atom stereocenters. The molecule has 0 spiro atoms. The number of nitrogens with two attached hydrogens (primary N) is 1. The van der Waals surface area contributed by atoms with Crippen molar-refractivity contribution in [3.63, 3.8) is 0 Å². The second-order valence-corrected chi connectivity index (χ2v) is 5.52. The molecule has 1 aromatic rings. The van der Waals surface area contributed by atoms with Crippen molar-refractivity contribution in [3.05, 3.63) is 24.0 Å². The van der Waals surface area contributed by atoms with Gasteiger partial charge in [0.25, 0.3) is 0 Å². The van der Waals surface area contributed by atoms with Gasteiger partial charge in [-0.25, -0.2) is 0 Å². The van der Waals surface area contributed by atoms with Crippen molar-refractivity contribution in [2.24, 2.45) is 10.9 Å². The van der Waals surface area contributed by atoms with E-state index in [-0.39, 0.29) is 5.84 Å². The van der Waals surface area contributed by atoms with Gasteiger partial charge >= 0.3 is 0 Å². The molecule has 0 saturated carbocycles. The Bertz CT molecular complexity index is 487. The number of hydrogen-bond donors (Lipinski definition) is 2. The van der Waals surface area contributed by atoms with Crippen LogP contribution in [0.2, 0.25) is 0 Å². The topological polar surface area (TPSA) is 78.0 Å². The monoisotopic (exact) mass is 275 g/mol. The molecule has 2 fully saturated rings. The van der Waals surface area contributed by atoms with E-state index in [9.17, 15) is 0 Å². The molecule has 3 rings (SSSR count). The molecular formula is C14H21N5O. The zero-order valence-corrected chi connectivity index (χ0v) is 11.6. The smallest absolute Gasteiger partial charge is 0.188 e. The molecule has 0 amide bonds. The molecule has 108 valence electrons. The summed E-state index contributed by atoms with van der Waals surface area (Å²) in [6.07, 6.45) is 5.63. The summed E-state index contributed by atoms with van der Waals surface area (Å²) in [6, 6.07) is 4.49. The number of oxime groups is 1. The van der Waals surface area contributed by atoms with Crippen LogP contribution in [0.3, 0.4) is 0 Å². The maximum atomic E-state index is 8.65. The molecule has 0 aliphatic carbocycles. The highest BCUT2D eigenvalue weighted by Crippen LogP contribution is 2.24. The summed E-state index contributed by atoms with van der Waals surface area (Å²) in [4.78, 5) is 9.28. The summed E-state index contributed by atoms with van der Waals surface area (Å²) in [7, 11) is 0. The number of aromatic nitrogens is 1. The first-order valence-corrected chi connectivity index (χ1v) is 7.21. The number of anilines is 1. The van der Waals surface area contributed by atoms with Gasteiger partial charge in [0.15, 0.2) is 5.84 Å². The lowest BCUT2D eigenvalue weighted by molar-refractivity contribution is 0.273. The van der Waals surface area contributed by atoms with Gasteiger partial charge in [0.1, 0.15) is 5.69 Å². The van der Waals surface area contributed by atoms with Crippen molar-refractivity contribution in [3.8, 4) is 0 Å². The number of amidine groups is 1. The lowest BCUT2D eigenvalue weighted by Crippen LogP contribution is -2.36. The first-order chi connectivity index (χ1) is 9.78. The number of rotatable bonds is 2. The first-order valence-electron chi connectivity index (χ1n) is 7.21. The Morgan fingerprint density at radius 1 is 1.30 bits per heavy atom. The fourth-order valence-electron chi connectivity index (χ4n) is 3.22. The van der Waals surface area contributed by atoms with Crippen LogP contribution in [0.1, 0.15) is 25.0 Å². The molecule has 3 heterocycles. The molecule has 0 bridgehead atoms. The molecule has 20 heavy (non-hydrogen) atoms. The number of pyridine rings is 1. The van der Waals surface area contributed by atoms with Crippen LogP contribution < -0.4 is 10.6 Å². The minimum Gasteiger partial charge on any atom is -0.409 e. The van der Waals surface area contributed by atoms with E-state index in [0.717, 1.165) is 18.8 Å². The van der Waals surface area contributed by atoms with Gasteiger partial charge in [0.2, 0.25) is 0 Å². The molecule has 2 aliphatic heterocycles. The highest BCUT2D eigenvalue weighted by Gasteiger charge is 2.28. The van der Waals surface area contributed by atoms with Gasteiger partial charge in [-0.05, 0) is 37.9 Å². The summed E-state index contributed by atoms with van der Waals surface area (Å²) >= 11 is 0. The van der Waals surface area contributed by atoms with Crippen LogP contribution in [0, 0.1) is 0 Å². The van der Waals surface area contributed by atoms with Gasteiger partial charge in [0, 0.05) is 25.7 Å². The van der Waals surface area contributed by atoms with Crippen LogP contribution in [-0.2, 0) is 0 Å². The second-order valence-electron chi connectivity index (χ2n) is 5.52. The number of hydrogen-bond acceptors (Lipinski definition) is 5. The average Bonchev–Trinajstić information content (AvgIpc) is 2.83. The predicted octanol–water partition coefficient (Wildman–Crippen LogP) is 0.851. The largest absolute Gasteiger partial charge is 0.409 e. The third-order valence-electron chi connectivity index (χ3n) is 4.29. The molecule has 0 radical (unpaired) electrons. The summed E-state index contributed by atoms with van der Waals surface area (Å²) in [6.45, 7) is 4.60. The van der Waals surface area contributed by atoms with Crippen molar-refractivity contribution < 1.29 is 5.21 Å². The van der Waals surface area contributed by atoms with E-state index in [0.29, 0.717) is 11.7 Å². The molecule has 2 saturated heterocycles. The molecule has 3 N–H and O–H groups in total. The Labute approximate surface area is 118 Å². The van der Waals surface area contributed by atoms with E-state index in [1.807, 2.05) is 18.3 Å². The zero-order valence-electron chi connectivity index (χ0n) is 11.6.